The molecule has 4 nitrogen and oxygen atoms in total. The Hall–Kier alpha value is -1.78. The average Bonchev–Trinajstić information content (AvgIpc) is 2.66. The van der Waals surface area contributed by atoms with Crippen LogP contribution in [0, 0.1) is 0 Å². The van der Waals surface area contributed by atoms with Gasteiger partial charge in [-0.2, -0.15) is 0 Å². The maximum Gasteiger partial charge on any atom is 0.0481 e. The van der Waals surface area contributed by atoms with E-state index in [1.807, 2.05) is 30.6 Å². The Kier molecular flexibility index (Phi) is 5.50. The van der Waals surface area contributed by atoms with E-state index in [2.05, 4.69) is 35.9 Å². The van der Waals surface area contributed by atoms with E-state index < -0.39 is 0 Å². The highest BCUT2D eigenvalue weighted by Gasteiger charge is 2.32. The SMILES string of the molecule is CC(C)(c1ccccn1)C(N)CCC(N)C1CCCc2cccnc21. The molecule has 0 saturated heterocycles. The van der Waals surface area contributed by atoms with Crippen molar-refractivity contribution in [3.63, 3.8) is 0 Å². The Bertz CT molecular complexity index is 683. The molecule has 0 amide bonds. The second kappa shape index (κ2) is 7.63. The molecule has 25 heavy (non-hydrogen) atoms. The van der Waals surface area contributed by atoms with E-state index in [1.54, 1.807) is 0 Å². The van der Waals surface area contributed by atoms with Crippen LogP contribution in [-0.2, 0) is 11.8 Å². The van der Waals surface area contributed by atoms with Gasteiger partial charge in [-0.25, -0.2) is 0 Å². The van der Waals surface area contributed by atoms with Crippen molar-refractivity contribution >= 4 is 0 Å². The average molecular weight is 338 g/mol. The number of aromatic nitrogens is 2. The quantitative estimate of drug-likeness (QED) is 0.847. The summed E-state index contributed by atoms with van der Waals surface area (Å²) in [5.74, 6) is 0.357. The summed E-state index contributed by atoms with van der Waals surface area (Å²) in [7, 11) is 0. The van der Waals surface area contributed by atoms with Crippen molar-refractivity contribution in [1.82, 2.24) is 9.97 Å². The highest BCUT2D eigenvalue weighted by atomic mass is 14.8. The summed E-state index contributed by atoms with van der Waals surface area (Å²) in [6.45, 7) is 4.34. The predicted molar refractivity (Wildman–Crippen MR) is 102 cm³/mol. The molecule has 134 valence electrons. The van der Waals surface area contributed by atoms with Crippen LogP contribution in [0.5, 0.6) is 0 Å². The molecule has 0 radical (unpaired) electrons. The lowest BCUT2D eigenvalue weighted by Crippen LogP contribution is -2.43. The molecular formula is C21H30N4. The zero-order valence-electron chi connectivity index (χ0n) is 15.4. The Morgan fingerprint density at radius 1 is 1.08 bits per heavy atom. The Labute approximate surface area is 151 Å². The number of hydrogen-bond donors (Lipinski definition) is 2. The van der Waals surface area contributed by atoms with Gasteiger partial charge in [-0.1, -0.05) is 26.0 Å². The molecule has 0 aliphatic heterocycles. The molecule has 0 fully saturated rings. The minimum absolute atomic E-state index is 0.0280. The van der Waals surface area contributed by atoms with Crippen LogP contribution in [0.2, 0.25) is 0 Å². The third kappa shape index (κ3) is 3.91. The minimum Gasteiger partial charge on any atom is -0.327 e. The number of hydrogen-bond acceptors (Lipinski definition) is 4. The molecule has 3 rings (SSSR count). The summed E-state index contributed by atoms with van der Waals surface area (Å²) in [4.78, 5) is 9.12. The van der Waals surface area contributed by atoms with Gasteiger partial charge in [0.05, 0.1) is 0 Å². The molecule has 1 aliphatic carbocycles. The molecule has 0 saturated carbocycles. The number of rotatable bonds is 6. The molecule has 2 aromatic heterocycles. The van der Waals surface area contributed by atoms with Crippen LogP contribution < -0.4 is 11.5 Å². The van der Waals surface area contributed by atoms with Crippen molar-refractivity contribution < 1.29 is 0 Å². The summed E-state index contributed by atoms with van der Waals surface area (Å²) < 4.78 is 0. The summed E-state index contributed by atoms with van der Waals surface area (Å²) >= 11 is 0. The Balaban J connectivity index is 1.64. The molecule has 4 N–H and O–H groups in total. The zero-order chi connectivity index (χ0) is 17.9. The molecule has 0 aromatic carbocycles. The molecule has 0 bridgehead atoms. The summed E-state index contributed by atoms with van der Waals surface area (Å²) in [6, 6.07) is 10.4. The molecule has 3 atom stereocenters. The number of pyridine rings is 2. The summed E-state index contributed by atoms with van der Waals surface area (Å²) in [5, 5.41) is 0. The van der Waals surface area contributed by atoms with Gasteiger partial charge in [-0.15, -0.1) is 0 Å². The Morgan fingerprint density at radius 2 is 1.88 bits per heavy atom. The van der Waals surface area contributed by atoms with Crippen molar-refractivity contribution in [2.75, 3.05) is 0 Å². The normalized spacial score (nSPS) is 19.9. The van der Waals surface area contributed by atoms with E-state index in [0.717, 1.165) is 31.4 Å². The first-order valence-electron chi connectivity index (χ1n) is 9.36. The summed E-state index contributed by atoms with van der Waals surface area (Å²) in [6.07, 6.45) is 8.98. The maximum absolute atomic E-state index is 6.58. The van der Waals surface area contributed by atoms with Gasteiger partial charge in [0, 0.05) is 47.2 Å². The monoisotopic (exact) mass is 338 g/mol. The number of nitrogens with two attached hydrogens (primary N) is 2. The fourth-order valence-corrected chi connectivity index (χ4v) is 3.93. The zero-order valence-corrected chi connectivity index (χ0v) is 15.4. The lowest BCUT2D eigenvalue weighted by Gasteiger charge is -2.34. The van der Waals surface area contributed by atoms with E-state index in [0.29, 0.717) is 5.92 Å². The molecular weight excluding hydrogens is 308 g/mol. The van der Waals surface area contributed by atoms with E-state index in [9.17, 15) is 0 Å². The molecule has 3 unspecified atom stereocenters. The largest absolute Gasteiger partial charge is 0.327 e. The van der Waals surface area contributed by atoms with Gasteiger partial charge in [-0.3, -0.25) is 9.97 Å². The first kappa shape index (κ1) is 18.0. The fraction of sp³-hybridized carbons (Fsp3) is 0.524. The third-order valence-electron chi connectivity index (χ3n) is 5.82. The highest BCUT2D eigenvalue weighted by Crippen LogP contribution is 2.34. The van der Waals surface area contributed by atoms with E-state index >= 15 is 0 Å². The fourth-order valence-electron chi connectivity index (χ4n) is 3.93. The van der Waals surface area contributed by atoms with Crippen molar-refractivity contribution in [2.24, 2.45) is 11.5 Å². The first-order valence-corrected chi connectivity index (χ1v) is 9.36. The van der Waals surface area contributed by atoms with Gasteiger partial charge in [0.25, 0.3) is 0 Å². The van der Waals surface area contributed by atoms with Crippen LogP contribution >= 0.6 is 0 Å². The minimum atomic E-state index is -0.163. The summed E-state index contributed by atoms with van der Waals surface area (Å²) in [5.41, 5.74) is 16.6. The van der Waals surface area contributed by atoms with Crippen molar-refractivity contribution in [3.05, 3.63) is 59.7 Å². The van der Waals surface area contributed by atoms with Gasteiger partial charge in [0.15, 0.2) is 0 Å². The maximum atomic E-state index is 6.58. The van der Waals surface area contributed by atoms with Crippen LogP contribution in [0.1, 0.15) is 62.4 Å². The van der Waals surface area contributed by atoms with Crippen molar-refractivity contribution in [3.8, 4) is 0 Å². The number of fused-ring (bicyclic) bond motifs is 1. The van der Waals surface area contributed by atoms with Crippen LogP contribution in [0.15, 0.2) is 42.7 Å². The van der Waals surface area contributed by atoms with E-state index in [1.165, 1.54) is 17.7 Å². The molecule has 2 heterocycles. The van der Waals surface area contributed by atoms with Crippen LogP contribution in [0.25, 0.3) is 0 Å². The van der Waals surface area contributed by atoms with Gasteiger partial charge in [-0.05, 0) is 55.9 Å². The van der Waals surface area contributed by atoms with Gasteiger partial charge in [0.2, 0.25) is 0 Å². The van der Waals surface area contributed by atoms with Crippen LogP contribution in [0.4, 0.5) is 0 Å². The topological polar surface area (TPSA) is 77.8 Å². The van der Waals surface area contributed by atoms with Crippen molar-refractivity contribution in [2.45, 2.75) is 69.4 Å². The second-order valence-corrected chi connectivity index (χ2v) is 7.83. The lowest BCUT2D eigenvalue weighted by atomic mass is 9.76. The molecule has 1 aliphatic rings. The number of aryl methyl sites for hydroxylation is 1. The van der Waals surface area contributed by atoms with E-state index in [4.69, 9.17) is 11.5 Å². The molecule has 4 heteroatoms. The lowest BCUT2D eigenvalue weighted by molar-refractivity contribution is 0.342. The van der Waals surface area contributed by atoms with Gasteiger partial charge >= 0.3 is 0 Å². The number of nitrogens with zero attached hydrogens (tertiary/aromatic N) is 2. The smallest absolute Gasteiger partial charge is 0.0481 e. The van der Waals surface area contributed by atoms with E-state index in [-0.39, 0.29) is 17.5 Å². The second-order valence-electron chi connectivity index (χ2n) is 7.83. The van der Waals surface area contributed by atoms with Gasteiger partial charge < -0.3 is 11.5 Å². The van der Waals surface area contributed by atoms with Crippen molar-refractivity contribution in [1.29, 1.82) is 0 Å². The third-order valence-corrected chi connectivity index (χ3v) is 5.82. The molecule has 2 aromatic rings. The van der Waals surface area contributed by atoms with Gasteiger partial charge in [0.1, 0.15) is 0 Å². The standard InChI is InChI=1S/C21H30N4/c1-21(2,19-10-3-4-13-24-19)18(23)12-11-17(22)16-9-5-7-15-8-6-14-25-20(15)16/h3-4,6,8,10,13-14,16-18H,5,7,9,11-12,22-23H2,1-2H3. The van der Waals surface area contributed by atoms with Crippen LogP contribution in [0.3, 0.4) is 0 Å². The Morgan fingerprint density at radius 3 is 2.64 bits per heavy atom. The van der Waals surface area contributed by atoms with Crippen LogP contribution in [-0.4, -0.2) is 22.1 Å². The highest BCUT2D eigenvalue weighted by molar-refractivity contribution is 5.27. The molecule has 0 spiro atoms. The first-order chi connectivity index (χ1) is 12.0. The predicted octanol–water partition coefficient (Wildman–Crippen LogP) is 3.31.